The first-order valence-corrected chi connectivity index (χ1v) is 10.0. The van der Waals surface area contributed by atoms with Gasteiger partial charge in [-0.15, -0.1) is 0 Å². The summed E-state index contributed by atoms with van der Waals surface area (Å²) in [6.07, 6.45) is 0.573. The smallest absolute Gasteiger partial charge is 0.295 e. The number of ether oxygens (including phenoxy) is 1. The van der Waals surface area contributed by atoms with Crippen molar-refractivity contribution in [3.05, 3.63) is 95.0 Å². The summed E-state index contributed by atoms with van der Waals surface area (Å²) in [6.45, 7) is 2.11. The minimum absolute atomic E-state index is 0.0145. The van der Waals surface area contributed by atoms with Crippen molar-refractivity contribution in [3.8, 4) is 5.75 Å². The quantitative estimate of drug-likeness (QED) is 0.368. The van der Waals surface area contributed by atoms with Gasteiger partial charge >= 0.3 is 0 Å². The molecule has 1 aliphatic rings. The number of aliphatic hydroxyl groups is 1. The van der Waals surface area contributed by atoms with Crippen LogP contribution < -0.4 is 4.74 Å². The molecular formula is C25H23NO5. The third-order valence-corrected chi connectivity index (χ3v) is 5.40. The number of hydrogen-bond acceptors (Lipinski definition) is 5. The summed E-state index contributed by atoms with van der Waals surface area (Å²) in [5.74, 6) is -0.00244. The van der Waals surface area contributed by atoms with Crippen LogP contribution in [-0.2, 0) is 16.0 Å². The van der Waals surface area contributed by atoms with Crippen LogP contribution in [0.15, 0.2) is 76.7 Å². The van der Waals surface area contributed by atoms with Crippen molar-refractivity contribution in [3.63, 3.8) is 0 Å². The zero-order valence-electron chi connectivity index (χ0n) is 17.4. The fraction of sp³-hybridized carbons (Fsp3) is 0.200. The number of aryl methyl sites for hydroxylation is 1. The van der Waals surface area contributed by atoms with E-state index in [4.69, 9.17) is 9.15 Å². The Labute approximate surface area is 180 Å². The van der Waals surface area contributed by atoms with E-state index in [2.05, 4.69) is 0 Å². The number of furan rings is 1. The maximum atomic E-state index is 13.0. The van der Waals surface area contributed by atoms with Crippen LogP contribution in [0.2, 0.25) is 0 Å². The summed E-state index contributed by atoms with van der Waals surface area (Å²) in [4.78, 5) is 27.4. The van der Waals surface area contributed by atoms with Gasteiger partial charge in [0.2, 0.25) is 0 Å². The lowest BCUT2D eigenvalue weighted by Crippen LogP contribution is -2.31. The highest BCUT2D eigenvalue weighted by Crippen LogP contribution is 2.40. The maximum absolute atomic E-state index is 13.0. The molecule has 4 rings (SSSR count). The van der Waals surface area contributed by atoms with E-state index in [0.29, 0.717) is 35.8 Å². The minimum atomic E-state index is -0.802. The predicted molar refractivity (Wildman–Crippen MR) is 116 cm³/mol. The Kier molecular flexibility index (Phi) is 5.62. The number of likely N-dealkylation sites (tertiary alicyclic amines) is 1. The number of carbonyl (C=O) groups is 2. The lowest BCUT2D eigenvalue weighted by Gasteiger charge is -2.23. The fourth-order valence-corrected chi connectivity index (χ4v) is 3.83. The molecular weight excluding hydrogens is 394 g/mol. The van der Waals surface area contributed by atoms with Gasteiger partial charge in [0.1, 0.15) is 29.1 Å². The molecule has 31 heavy (non-hydrogen) atoms. The first-order chi connectivity index (χ1) is 15.0. The largest absolute Gasteiger partial charge is 0.507 e. The first-order valence-electron chi connectivity index (χ1n) is 10.0. The number of amides is 1. The average molecular weight is 417 g/mol. The average Bonchev–Trinajstić information content (AvgIpc) is 3.33. The molecule has 3 aromatic rings. The zero-order chi connectivity index (χ0) is 22.0. The standard InChI is InChI=1S/C25H23NO5/c1-16-11-12-20(31-16)22-21(23(27)18-9-6-10-19(15-18)30-2)24(28)25(29)26(22)14-13-17-7-4-3-5-8-17/h3-12,15,22,27H,13-14H2,1-2H3/b23-21+. The summed E-state index contributed by atoms with van der Waals surface area (Å²) in [6, 6.07) is 19.2. The van der Waals surface area contributed by atoms with Crippen molar-refractivity contribution in [2.75, 3.05) is 13.7 Å². The van der Waals surface area contributed by atoms with E-state index in [1.165, 1.54) is 12.0 Å². The molecule has 1 aromatic heterocycles. The van der Waals surface area contributed by atoms with E-state index in [1.54, 1.807) is 43.3 Å². The van der Waals surface area contributed by atoms with E-state index in [0.717, 1.165) is 5.56 Å². The zero-order valence-corrected chi connectivity index (χ0v) is 17.4. The number of benzene rings is 2. The highest BCUT2D eigenvalue weighted by Gasteiger charge is 2.47. The summed E-state index contributed by atoms with van der Waals surface area (Å²) in [5.41, 5.74) is 1.46. The molecule has 1 amide bonds. The van der Waals surface area contributed by atoms with Crippen LogP contribution >= 0.6 is 0 Å². The van der Waals surface area contributed by atoms with E-state index in [9.17, 15) is 14.7 Å². The number of hydrogen-bond donors (Lipinski definition) is 1. The summed E-state index contributed by atoms with van der Waals surface area (Å²) in [7, 11) is 1.52. The van der Waals surface area contributed by atoms with Gasteiger partial charge in [-0.25, -0.2) is 0 Å². The molecule has 2 heterocycles. The van der Waals surface area contributed by atoms with Crippen molar-refractivity contribution >= 4 is 17.4 Å². The Bertz CT molecular complexity index is 1150. The summed E-state index contributed by atoms with van der Waals surface area (Å²) in [5, 5.41) is 11.1. The monoisotopic (exact) mass is 417 g/mol. The normalized spacial score (nSPS) is 17.9. The third-order valence-electron chi connectivity index (χ3n) is 5.40. The second-order valence-corrected chi connectivity index (χ2v) is 7.41. The number of Topliss-reactive ketones (excluding diaryl/α,β-unsaturated/α-hetero) is 1. The van der Waals surface area contributed by atoms with Crippen LogP contribution in [0.5, 0.6) is 5.75 Å². The molecule has 1 unspecified atom stereocenters. The third kappa shape index (κ3) is 3.97. The highest BCUT2D eigenvalue weighted by molar-refractivity contribution is 6.46. The van der Waals surface area contributed by atoms with Crippen LogP contribution in [-0.4, -0.2) is 35.4 Å². The van der Waals surface area contributed by atoms with Crippen molar-refractivity contribution in [1.29, 1.82) is 0 Å². The second-order valence-electron chi connectivity index (χ2n) is 7.41. The van der Waals surface area contributed by atoms with Gasteiger partial charge in [-0.05, 0) is 43.2 Å². The van der Waals surface area contributed by atoms with Crippen LogP contribution in [0, 0.1) is 6.92 Å². The van der Waals surface area contributed by atoms with Gasteiger partial charge in [-0.3, -0.25) is 9.59 Å². The second kappa shape index (κ2) is 8.52. The molecule has 2 aromatic carbocycles. The molecule has 6 nitrogen and oxygen atoms in total. The number of carbonyl (C=O) groups excluding carboxylic acids is 2. The number of rotatable bonds is 6. The Balaban J connectivity index is 1.77. The van der Waals surface area contributed by atoms with Gasteiger partial charge in [0.25, 0.3) is 11.7 Å². The molecule has 0 saturated carbocycles. The Morgan fingerprint density at radius 1 is 1.06 bits per heavy atom. The highest BCUT2D eigenvalue weighted by atomic mass is 16.5. The molecule has 1 aliphatic heterocycles. The van der Waals surface area contributed by atoms with Crippen molar-refractivity contribution < 1.29 is 23.8 Å². The lowest BCUT2D eigenvalue weighted by atomic mass is 9.99. The molecule has 1 N–H and O–H groups in total. The van der Waals surface area contributed by atoms with Gasteiger partial charge in [0, 0.05) is 12.1 Å². The molecule has 0 spiro atoms. The van der Waals surface area contributed by atoms with Gasteiger partial charge in [0.15, 0.2) is 0 Å². The van der Waals surface area contributed by atoms with Crippen LogP contribution in [0.1, 0.15) is 28.7 Å². The van der Waals surface area contributed by atoms with E-state index in [1.807, 2.05) is 30.3 Å². The van der Waals surface area contributed by atoms with E-state index < -0.39 is 17.7 Å². The topological polar surface area (TPSA) is 80.0 Å². The van der Waals surface area contributed by atoms with Crippen molar-refractivity contribution in [2.24, 2.45) is 0 Å². The van der Waals surface area contributed by atoms with E-state index in [-0.39, 0.29) is 11.3 Å². The van der Waals surface area contributed by atoms with Crippen molar-refractivity contribution in [1.82, 2.24) is 4.90 Å². The van der Waals surface area contributed by atoms with Crippen LogP contribution in [0.3, 0.4) is 0 Å². The summed E-state index contributed by atoms with van der Waals surface area (Å²) < 4.78 is 11.0. The fourth-order valence-electron chi connectivity index (χ4n) is 3.83. The van der Waals surface area contributed by atoms with Crippen LogP contribution in [0.4, 0.5) is 0 Å². The van der Waals surface area contributed by atoms with Gasteiger partial charge in [-0.1, -0.05) is 42.5 Å². The van der Waals surface area contributed by atoms with Gasteiger partial charge < -0.3 is 19.2 Å². The van der Waals surface area contributed by atoms with Crippen molar-refractivity contribution in [2.45, 2.75) is 19.4 Å². The number of ketones is 1. The Hall–Kier alpha value is -3.80. The molecule has 6 heteroatoms. The number of methoxy groups -OCH3 is 1. The summed E-state index contributed by atoms with van der Waals surface area (Å²) >= 11 is 0. The molecule has 0 radical (unpaired) electrons. The molecule has 158 valence electrons. The minimum Gasteiger partial charge on any atom is -0.507 e. The molecule has 1 atom stereocenters. The van der Waals surface area contributed by atoms with Crippen LogP contribution in [0.25, 0.3) is 5.76 Å². The first kappa shape index (κ1) is 20.5. The van der Waals surface area contributed by atoms with Gasteiger partial charge in [0.05, 0.1) is 12.7 Å². The molecule has 0 bridgehead atoms. The predicted octanol–water partition coefficient (Wildman–Crippen LogP) is 4.26. The SMILES string of the molecule is COc1cccc(/C(O)=C2\C(=O)C(=O)N(CCc3ccccc3)C2c2ccc(C)o2)c1. The van der Waals surface area contributed by atoms with Gasteiger partial charge in [-0.2, -0.15) is 0 Å². The Morgan fingerprint density at radius 3 is 2.52 bits per heavy atom. The van der Waals surface area contributed by atoms with E-state index >= 15 is 0 Å². The maximum Gasteiger partial charge on any atom is 0.295 e. The number of nitrogens with zero attached hydrogens (tertiary/aromatic N) is 1. The molecule has 1 fully saturated rings. The Morgan fingerprint density at radius 2 is 1.84 bits per heavy atom. The molecule has 1 saturated heterocycles. The lowest BCUT2D eigenvalue weighted by molar-refractivity contribution is -0.140. The molecule has 0 aliphatic carbocycles. The number of aliphatic hydroxyl groups excluding tert-OH is 1.